The highest BCUT2D eigenvalue weighted by molar-refractivity contribution is 7.80. The lowest BCUT2D eigenvalue weighted by Gasteiger charge is -2.27. The minimum Gasteiger partial charge on any atom is -0.352 e. The molecule has 0 aliphatic carbocycles. The monoisotopic (exact) mass is 204 g/mol. The maximum Gasteiger partial charge on any atom is 0.173 e. The summed E-state index contributed by atoms with van der Waals surface area (Å²) in [6, 6.07) is 10.5. The zero-order valence-electron chi connectivity index (χ0n) is 7.97. The normalized spacial score (nSPS) is 20.8. The highest BCUT2D eigenvalue weighted by Gasteiger charge is 2.14. The highest BCUT2D eigenvalue weighted by atomic mass is 32.1. The van der Waals surface area contributed by atoms with Crippen molar-refractivity contribution in [2.45, 2.75) is 6.04 Å². The van der Waals surface area contributed by atoms with Crippen LogP contribution in [0.25, 0.3) is 0 Å². The summed E-state index contributed by atoms with van der Waals surface area (Å²) in [6.45, 7) is 0. The van der Waals surface area contributed by atoms with Crippen LogP contribution in [0.5, 0.6) is 0 Å². The zero-order valence-corrected chi connectivity index (χ0v) is 8.79. The van der Waals surface area contributed by atoms with Gasteiger partial charge in [-0.1, -0.05) is 30.3 Å². The van der Waals surface area contributed by atoms with E-state index in [0.29, 0.717) is 0 Å². The van der Waals surface area contributed by atoms with Crippen LogP contribution in [-0.2, 0) is 0 Å². The average Bonchev–Trinajstić information content (AvgIpc) is 2.23. The molecule has 2 rings (SSSR count). The lowest BCUT2D eigenvalue weighted by Crippen LogP contribution is -2.39. The van der Waals surface area contributed by atoms with Crippen LogP contribution in [0.2, 0.25) is 0 Å². The third-order valence-corrected chi connectivity index (χ3v) is 2.67. The summed E-state index contributed by atoms with van der Waals surface area (Å²) in [4.78, 5) is 1.90. The number of nitrogens with zero attached hydrogens (tertiary/aromatic N) is 1. The minimum absolute atomic E-state index is 0.208. The first-order valence-electron chi connectivity index (χ1n) is 4.54. The molecule has 14 heavy (non-hydrogen) atoms. The number of thiocarbonyl (C=S) groups is 1. The molecule has 2 nitrogen and oxygen atoms in total. The molecule has 0 fully saturated rings. The fourth-order valence-corrected chi connectivity index (χ4v) is 1.61. The van der Waals surface area contributed by atoms with Crippen LogP contribution in [0, 0.1) is 0 Å². The van der Waals surface area contributed by atoms with Crippen molar-refractivity contribution in [3.8, 4) is 0 Å². The topological polar surface area (TPSA) is 15.3 Å². The van der Waals surface area contributed by atoms with E-state index < -0.39 is 0 Å². The van der Waals surface area contributed by atoms with Gasteiger partial charge in [0.1, 0.15) is 0 Å². The first kappa shape index (κ1) is 9.21. The molecule has 1 atom stereocenters. The van der Waals surface area contributed by atoms with E-state index in [-0.39, 0.29) is 6.04 Å². The van der Waals surface area contributed by atoms with E-state index in [1.807, 2.05) is 36.3 Å². The Labute approximate surface area is 89.2 Å². The summed E-state index contributed by atoms with van der Waals surface area (Å²) in [7, 11) is 1.94. The molecular weight excluding hydrogens is 192 g/mol. The maximum atomic E-state index is 5.17. The van der Waals surface area contributed by atoms with Gasteiger partial charge in [-0.25, -0.2) is 0 Å². The Hall–Kier alpha value is -1.35. The van der Waals surface area contributed by atoms with Crippen molar-refractivity contribution >= 4 is 17.3 Å². The smallest absolute Gasteiger partial charge is 0.173 e. The van der Waals surface area contributed by atoms with Gasteiger partial charge in [0.05, 0.1) is 6.04 Å². The predicted molar refractivity (Wildman–Crippen MR) is 61.8 cm³/mol. The second kappa shape index (κ2) is 3.80. The Kier molecular flexibility index (Phi) is 2.50. The van der Waals surface area contributed by atoms with Crippen molar-refractivity contribution < 1.29 is 0 Å². The number of rotatable bonds is 1. The van der Waals surface area contributed by atoms with Crippen LogP contribution >= 0.6 is 12.2 Å². The lowest BCUT2D eigenvalue weighted by molar-refractivity contribution is 0.596. The molecular formula is C11H12N2S. The van der Waals surface area contributed by atoms with Gasteiger partial charge in [0.2, 0.25) is 0 Å². The predicted octanol–water partition coefficient (Wildman–Crippen LogP) is 2.06. The van der Waals surface area contributed by atoms with Crippen LogP contribution in [-0.4, -0.2) is 17.1 Å². The third-order valence-electron chi connectivity index (χ3n) is 2.26. The van der Waals surface area contributed by atoms with Gasteiger partial charge in [-0.3, -0.25) is 0 Å². The fourth-order valence-electron chi connectivity index (χ4n) is 1.42. The standard InChI is InChI=1S/C11H12N2S/c1-13-8-7-10(12-11(13)14)9-5-3-2-4-6-9/h2-8,10H,1H3,(H,12,14). The summed E-state index contributed by atoms with van der Waals surface area (Å²) >= 11 is 5.17. The van der Waals surface area contributed by atoms with Crippen molar-refractivity contribution in [1.82, 2.24) is 10.2 Å². The molecule has 0 radical (unpaired) electrons. The first-order valence-corrected chi connectivity index (χ1v) is 4.95. The Bertz CT molecular complexity index is 359. The van der Waals surface area contributed by atoms with Crippen LogP contribution in [0.4, 0.5) is 0 Å². The average molecular weight is 204 g/mol. The summed E-state index contributed by atoms with van der Waals surface area (Å²) in [5, 5.41) is 4.02. The number of nitrogens with one attached hydrogen (secondary N) is 1. The number of hydrogen-bond acceptors (Lipinski definition) is 1. The second-order valence-corrected chi connectivity index (χ2v) is 3.68. The van der Waals surface area contributed by atoms with Gasteiger partial charge < -0.3 is 10.2 Å². The molecule has 1 aromatic rings. The van der Waals surface area contributed by atoms with E-state index in [2.05, 4.69) is 23.5 Å². The summed E-state index contributed by atoms with van der Waals surface area (Å²) in [6.07, 6.45) is 4.10. The molecule has 1 heterocycles. The Morgan fingerprint density at radius 2 is 2.00 bits per heavy atom. The van der Waals surface area contributed by atoms with Gasteiger partial charge >= 0.3 is 0 Å². The quantitative estimate of drug-likeness (QED) is 0.705. The minimum atomic E-state index is 0.208. The van der Waals surface area contributed by atoms with Crippen LogP contribution < -0.4 is 5.32 Å². The molecule has 0 saturated heterocycles. The molecule has 0 saturated carbocycles. The molecule has 1 aromatic carbocycles. The van der Waals surface area contributed by atoms with E-state index >= 15 is 0 Å². The molecule has 72 valence electrons. The molecule has 1 N–H and O–H groups in total. The number of hydrogen-bond donors (Lipinski definition) is 1. The summed E-state index contributed by atoms with van der Waals surface area (Å²) in [5.41, 5.74) is 1.24. The van der Waals surface area contributed by atoms with Gasteiger partial charge in [0, 0.05) is 13.2 Å². The van der Waals surface area contributed by atoms with E-state index in [1.54, 1.807) is 0 Å². The van der Waals surface area contributed by atoms with Crippen LogP contribution in [0.1, 0.15) is 11.6 Å². The largest absolute Gasteiger partial charge is 0.352 e. The number of benzene rings is 1. The maximum absolute atomic E-state index is 5.17. The molecule has 0 spiro atoms. The lowest BCUT2D eigenvalue weighted by atomic mass is 10.1. The van der Waals surface area contributed by atoms with Gasteiger partial charge in [-0.05, 0) is 23.9 Å². The first-order chi connectivity index (χ1) is 6.77. The fraction of sp³-hybridized carbons (Fsp3) is 0.182. The van der Waals surface area contributed by atoms with Crippen LogP contribution in [0.15, 0.2) is 42.6 Å². The molecule has 0 amide bonds. The molecule has 0 bridgehead atoms. The Morgan fingerprint density at radius 3 is 2.64 bits per heavy atom. The highest BCUT2D eigenvalue weighted by Crippen LogP contribution is 2.17. The van der Waals surface area contributed by atoms with Gasteiger partial charge in [0.25, 0.3) is 0 Å². The Balaban J connectivity index is 2.22. The van der Waals surface area contributed by atoms with Crippen molar-refractivity contribution in [1.29, 1.82) is 0 Å². The third kappa shape index (κ3) is 1.77. The van der Waals surface area contributed by atoms with Crippen molar-refractivity contribution in [3.63, 3.8) is 0 Å². The molecule has 1 aliphatic rings. The van der Waals surface area contributed by atoms with E-state index in [0.717, 1.165) is 5.11 Å². The van der Waals surface area contributed by atoms with Crippen molar-refractivity contribution in [2.24, 2.45) is 0 Å². The Morgan fingerprint density at radius 1 is 1.29 bits per heavy atom. The molecule has 0 aromatic heterocycles. The molecule has 1 aliphatic heterocycles. The van der Waals surface area contributed by atoms with E-state index in [4.69, 9.17) is 12.2 Å². The van der Waals surface area contributed by atoms with Gasteiger partial charge in [-0.15, -0.1) is 0 Å². The van der Waals surface area contributed by atoms with Gasteiger partial charge in [-0.2, -0.15) is 0 Å². The molecule has 3 heteroatoms. The van der Waals surface area contributed by atoms with Gasteiger partial charge in [0.15, 0.2) is 5.11 Å². The van der Waals surface area contributed by atoms with Crippen molar-refractivity contribution in [2.75, 3.05) is 7.05 Å². The second-order valence-electron chi connectivity index (χ2n) is 3.29. The summed E-state index contributed by atoms with van der Waals surface area (Å²) in [5.74, 6) is 0. The SMILES string of the molecule is CN1C=CC(c2ccccc2)NC1=S. The van der Waals surface area contributed by atoms with Crippen LogP contribution in [0.3, 0.4) is 0 Å². The molecule has 1 unspecified atom stereocenters. The van der Waals surface area contributed by atoms with Crippen molar-refractivity contribution in [3.05, 3.63) is 48.2 Å². The zero-order chi connectivity index (χ0) is 9.97. The van der Waals surface area contributed by atoms with E-state index in [9.17, 15) is 0 Å². The van der Waals surface area contributed by atoms with E-state index in [1.165, 1.54) is 5.56 Å². The summed E-state index contributed by atoms with van der Waals surface area (Å²) < 4.78 is 0.